The molecule has 1 fully saturated rings. The summed E-state index contributed by atoms with van der Waals surface area (Å²) < 4.78 is 26.9. The molecule has 29 heavy (non-hydrogen) atoms. The summed E-state index contributed by atoms with van der Waals surface area (Å²) in [5.41, 5.74) is 0.601. The Morgan fingerprint density at radius 3 is 2.41 bits per heavy atom. The van der Waals surface area contributed by atoms with Gasteiger partial charge in [-0.25, -0.2) is 8.78 Å². The molecule has 0 saturated carbocycles. The van der Waals surface area contributed by atoms with Crippen molar-refractivity contribution in [3.05, 3.63) is 69.2 Å². The van der Waals surface area contributed by atoms with Crippen molar-refractivity contribution in [1.29, 1.82) is 0 Å². The van der Waals surface area contributed by atoms with Gasteiger partial charge in [0, 0.05) is 35.1 Å². The van der Waals surface area contributed by atoms with Crippen molar-refractivity contribution in [3.8, 4) is 0 Å². The number of piperidine rings is 1. The largest absolute Gasteiger partial charge is 0.349 e. The molecule has 3 rings (SSSR count). The van der Waals surface area contributed by atoms with Gasteiger partial charge < -0.3 is 10.2 Å². The summed E-state index contributed by atoms with van der Waals surface area (Å²) in [5, 5.41) is 3.94. The van der Waals surface area contributed by atoms with E-state index in [9.17, 15) is 18.4 Å². The topological polar surface area (TPSA) is 49.4 Å². The molecule has 1 saturated heterocycles. The van der Waals surface area contributed by atoms with Crippen LogP contribution < -0.4 is 5.32 Å². The van der Waals surface area contributed by atoms with Crippen molar-refractivity contribution in [2.45, 2.75) is 25.8 Å². The third kappa shape index (κ3) is 5.06. The predicted molar refractivity (Wildman–Crippen MR) is 108 cm³/mol. The first-order chi connectivity index (χ1) is 13.8. The van der Waals surface area contributed by atoms with Crippen LogP contribution in [0, 0.1) is 17.6 Å². The Hall–Kier alpha value is -2.18. The summed E-state index contributed by atoms with van der Waals surface area (Å²) >= 11 is 12.1. The molecule has 0 spiro atoms. The molecule has 0 aromatic heterocycles. The van der Waals surface area contributed by atoms with Crippen molar-refractivity contribution in [2.75, 3.05) is 13.1 Å². The first-order valence-corrected chi connectivity index (χ1v) is 10.0. The minimum absolute atomic E-state index is 0.122. The molecule has 0 unspecified atom stereocenters. The number of hydrogen-bond donors (Lipinski definition) is 1. The number of benzene rings is 2. The van der Waals surface area contributed by atoms with Crippen LogP contribution in [0.3, 0.4) is 0 Å². The van der Waals surface area contributed by atoms with E-state index in [-0.39, 0.29) is 23.4 Å². The number of nitrogens with one attached hydrogen (secondary N) is 1. The highest BCUT2D eigenvalue weighted by molar-refractivity contribution is 6.35. The van der Waals surface area contributed by atoms with Crippen LogP contribution in [0.2, 0.25) is 10.0 Å². The summed E-state index contributed by atoms with van der Waals surface area (Å²) in [6, 6.07) is 7.71. The molecule has 8 heteroatoms. The Bertz CT molecular complexity index is 931. The second kappa shape index (κ2) is 9.09. The minimum Gasteiger partial charge on any atom is -0.349 e. The van der Waals surface area contributed by atoms with E-state index in [0.29, 0.717) is 42.0 Å². The average Bonchev–Trinajstić information content (AvgIpc) is 2.67. The van der Waals surface area contributed by atoms with Gasteiger partial charge in [0.25, 0.3) is 5.91 Å². The summed E-state index contributed by atoms with van der Waals surface area (Å²) in [7, 11) is 0. The summed E-state index contributed by atoms with van der Waals surface area (Å²) in [6.45, 7) is 2.48. The highest BCUT2D eigenvalue weighted by Gasteiger charge is 2.29. The zero-order valence-corrected chi connectivity index (χ0v) is 17.2. The van der Waals surface area contributed by atoms with Crippen LogP contribution in [0.1, 0.15) is 41.7 Å². The highest BCUT2D eigenvalue weighted by atomic mass is 35.5. The fraction of sp³-hybridized carbons (Fsp3) is 0.333. The number of hydrogen-bond acceptors (Lipinski definition) is 2. The molecular weight excluding hydrogens is 421 g/mol. The number of carbonyl (C=O) groups excluding carboxylic acids is 2. The predicted octanol–water partition coefficient (Wildman–Crippen LogP) is 5.00. The highest BCUT2D eigenvalue weighted by Crippen LogP contribution is 2.27. The van der Waals surface area contributed by atoms with Crippen molar-refractivity contribution >= 4 is 35.0 Å². The molecule has 4 nitrogen and oxygen atoms in total. The van der Waals surface area contributed by atoms with Crippen LogP contribution in [0.4, 0.5) is 8.78 Å². The van der Waals surface area contributed by atoms with Crippen LogP contribution in [-0.2, 0) is 4.79 Å². The van der Waals surface area contributed by atoms with Gasteiger partial charge >= 0.3 is 0 Å². The first-order valence-electron chi connectivity index (χ1n) is 9.26. The molecular formula is C21H20Cl2F2N2O2. The third-order valence-corrected chi connectivity index (χ3v) is 5.66. The summed E-state index contributed by atoms with van der Waals surface area (Å²) in [4.78, 5) is 26.6. The molecule has 1 aliphatic rings. The fourth-order valence-corrected chi connectivity index (χ4v) is 4.01. The Morgan fingerprint density at radius 1 is 1.10 bits per heavy atom. The maximum atomic E-state index is 13.9. The van der Waals surface area contributed by atoms with Gasteiger partial charge in [-0.1, -0.05) is 29.3 Å². The van der Waals surface area contributed by atoms with E-state index < -0.39 is 17.5 Å². The number of rotatable bonds is 4. The Balaban J connectivity index is 1.57. The van der Waals surface area contributed by atoms with E-state index in [1.165, 1.54) is 4.90 Å². The van der Waals surface area contributed by atoms with Crippen LogP contribution >= 0.6 is 23.2 Å². The third-order valence-electron chi connectivity index (χ3n) is 5.10. The lowest BCUT2D eigenvalue weighted by Gasteiger charge is -2.32. The Kier molecular flexibility index (Phi) is 6.75. The van der Waals surface area contributed by atoms with E-state index >= 15 is 0 Å². The summed E-state index contributed by atoms with van der Waals surface area (Å²) in [5.74, 6) is -2.50. The molecule has 154 valence electrons. The van der Waals surface area contributed by atoms with Crippen molar-refractivity contribution in [3.63, 3.8) is 0 Å². The SMILES string of the molecule is C[C@@H](NC(=O)C1CCN(C(=O)c2ccc(F)cc2F)CC1)c1ccc(Cl)cc1Cl. The molecule has 2 aromatic carbocycles. The van der Waals surface area contributed by atoms with E-state index in [0.717, 1.165) is 17.7 Å². The number of nitrogens with zero attached hydrogens (tertiary/aromatic N) is 1. The molecule has 0 bridgehead atoms. The number of likely N-dealkylation sites (tertiary alicyclic amines) is 1. The van der Waals surface area contributed by atoms with Crippen molar-refractivity contribution < 1.29 is 18.4 Å². The Morgan fingerprint density at radius 2 is 1.79 bits per heavy atom. The molecule has 1 heterocycles. The number of halogens is 4. The number of carbonyl (C=O) groups is 2. The fourth-order valence-electron chi connectivity index (χ4n) is 3.44. The van der Waals surface area contributed by atoms with Crippen molar-refractivity contribution in [1.82, 2.24) is 10.2 Å². The van der Waals surface area contributed by atoms with E-state index in [2.05, 4.69) is 5.32 Å². The lowest BCUT2D eigenvalue weighted by atomic mass is 9.94. The monoisotopic (exact) mass is 440 g/mol. The molecule has 1 atom stereocenters. The van der Waals surface area contributed by atoms with Gasteiger partial charge in [-0.2, -0.15) is 0 Å². The standard InChI is InChI=1S/C21H20Cl2F2N2O2/c1-12(16-4-2-14(22)10-18(16)23)26-20(28)13-6-8-27(9-7-13)21(29)17-5-3-15(24)11-19(17)25/h2-5,10-13H,6-9H2,1H3,(H,26,28)/t12-/m1/s1. The van der Waals surface area contributed by atoms with Gasteiger partial charge in [0.2, 0.25) is 5.91 Å². The van der Waals surface area contributed by atoms with Crippen LogP contribution in [0.5, 0.6) is 0 Å². The van der Waals surface area contributed by atoms with Crippen LogP contribution in [0.15, 0.2) is 36.4 Å². The minimum atomic E-state index is -0.886. The van der Waals surface area contributed by atoms with Crippen molar-refractivity contribution in [2.24, 2.45) is 5.92 Å². The quantitative estimate of drug-likeness (QED) is 0.726. The maximum absolute atomic E-state index is 13.9. The molecule has 1 aliphatic heterocycles. The van der Waals surface area contributed by atoms with Gasteiger partial charge in [-0.05, 0) is 49.6 Å². The maximum Gasteiger partial charge on any atom is 0.256 e. The smallest absolute Gasteiger partial charge is 0.256 e. The van der Waals surface area contributed by atoms with Crippen LogP contribution in [0.25, 0.3) is 0 Å². The van der Waals surface area contributed by atoms with E-state index in [4.69, 9.17) is 23.2 Å². The normalized spacial score (nSPS) is 15.8. The molecule has 0 aliphatic carbocycles. The van der Waals surface area contributed by atoms with Gasteiger partial charge in [0.15, 0.2) is 0 Å². The summed E-state index contributed by atoms with van der Waals surface area (Å²) in [6.07, 6.45) is 0.920. The zero-order chi connectivity index (χ0) is 21.1. The second-order valence-electron chi connectivity index (χ2n) is 7.09. The average molecular weight is 441 g/mol. The molecule has 1 N–H and O–H groups in total. The lowest BCUT2D eigenvalue weighted by molar-refractivity contribution is -0.127. The molecule has 2 amide bonds. The van der Waals surface area contributed by atoms with E-state index in [1.807, 2.05) is 6.92 Å². The second-order valence-corrected chi connectivity index (χ2v) is 7.93. The van der Waals surface area contributed by atoms with Gasteiger partial charge in [0.1, 0.15) is 11.6 Å². The lowest BCUT2D eigenvalue weighted by Crippen LogP contribution is -2.43. The Labute approximate surface area is 177 Å². The van der Waals surface area contributed by atoms with Gasteiger partial charge in [-0.15, -0.1) is 0 Å². The van der Waals surface area contributed by atoms with Crippen LogP contribution in [-0.4, -0.2) is 29.8 Å². The zero-order valence-electron chi connectivity index (χ0n) is 15.7. The van der Waals surface area contributed by atoms with E-state index in [1.54, 1.807) is 18.2 Å². The molecule has 2 aromatic rings. The van der Waals surface area contributed by atoms with Gasteiger partial charge in [-0.3, -0.25) is 9.59 Å². The van der Waals surface area contributed by atoms with Gasteiger partial charge in [0.05, 0.1) is 11.6 Å². The molecule has 0 radical (unpaired) electrons. The number of amides is 2. The first kappa shape index (κ1) is 21.5.